The van der Waals surface area contributed by atoms with Crippen LogP contribution in [0.25, 0.3) is 99.5 Å². The van der Waals surface area contributed by atoms with Gasteiger partial charge in [0.15, 0.2) is 17.5 Å². The van der Waals surface area contributed by atoms with Crippen molar-refractivity contribution in [2.45, 2.75) is 0 Å². The second kappa shape index (κ2) is 12.4. The maximum atomic E-state index is 5.28. The van der Waals surface area contributed by atoms with Crippen molar-refractivity contribution in [3.8, 4) is 56.4 Å². The molecule has 0 radical (unpaired) electrons. The van der Waals surface area contributed by atoms with Gasteiger partial charge in [-0.05, 0) is 84.2 Å². The molecule has 10 rings (SSSR count). The van der Waals surface area contributed by atoms with Crippen LogP contribution in [0.4, 0.5) is 0 Å². The molecule has 0 N–H and O–H groups in total. The minimum absolute atomic E-state index is 0.620. The van der Waals surface area contributed by atoms with E-state index in [-0.39, 0.29) is 0 Å². The number of fused-ring (bicyclic) bond motifs is 6. The molecule has 242 valence electrons. The van der Waals surface area contributed by atoms with Crippen LogP contribution in [0.3, 0.4) is 0 Å². The Morgan fingerprint density at radius 2 is 0.923 bits per heavy atom. The second-order valence-electron chi connectivity index (χ2n) is 13.1. The minimum atomic E-state index is 0.620. The third kappa shape index (κ3) is 5.17. The molecule has 0 aliphatic heterocycles. The molecule has 0 fully saturated rings. The van der Waals surface area contributed by atoms with Crippen molar-refractivity contribution in [2.24, 2.45) is 0 Å². The average Bonchev–Trinajstić information content (AvgIpc) is 3.23. The summed E-state index contributed by atoms with van der Waals surface area (Å²) in [6.45, 7) is 0. The summed E-state index contributed by atoms with van der Waals surface area (Å²) in [6, 6.07) is 59.7. The van der Waals surface area contributed by atoms with Gasteiger partial charge < -0.3 is 0 Å². The van der Waals surface area contributed by atoms with E-state index in [4.69, 9.17) is 15.0 Å². The fourth-order valence-corrected chi connectivity index (χ4v) is 7.42. The Balaban J connectivity index is 1.22. The molecule has 4 heteroatoms. The Kier molecular flexibility index (Phi) is 7.10. The van der Waals surface area contributed by atoms with Gasteiger partial charge in [0, 0.05) is 34.5 Å². The summed E-state index contributed by atoms with van der Waals surface area (Å²) < 4.78 is 0. The smallest absolute Gasteiger partial charge is 0.164 e. The lowest BCUT2D eigenvalue weighted by Crippen LogP contribution is -2.01. The molecule has 0 saturated carbocycles. The van der Waals surface area contributed by atoms with Crippen molar-refractivity contribution in [3.05, 3.63) is 182 Å². The molecule has 2 heterocycles. The number of pyridine rings is 1. The zero-order valence-electron chi connectivity index (χ0n) is 28.1. The fraction of sp³-hybridized carbons (Fsp3) is 0. The van der Waals surface area contributed by atoms with Crippen molar-refractivity contribution < 1.29 is 0 Å². The van der Waals surface area contributed by atoms with Gasteiger partial charge in [-0.2, -0.15) is 0 Å². The highest BCUT2D eigenvalue weighted by molar-refractivity contribution is 6.20. The van der Waals surface area contributed by atoms with Gasteiger partial charge in [0.2, 0.25) is 0 Å². The summed E-state index contributed by atoms with van der Waals surface area (Å²) in [4.78, 5) is 20.1. The van der Waals surface area contributed by atoms with Gasteiger partial charge >= 0.3 is 0 Å². The first-order chi connectivity index (χ1) is 25.8. The average molecular weight is 663 g/mol. The van der Waals surface area contributed by atoms with E-state index in [1.165, 1.54) is 16.2 Å². The van der Waals surface area contributed by atoms with Crippen LogP contribution >= 0.6 is 0 Å². The van der Waals surface area contributed by atoms with E-state index in [1.54, 1.807) is 0 Å². The van der Waals surface area contributed by atoms with E-state index in [9.17, 15) is 0 Å². The van der Waals surface area contributed by atoms with E-state index >= 15 is 0 Å². The monoisotopic (exact) mass is 662 g/mol. The van der Waals surface area contributed by atoms with Crippen molar-refractivity contribution in [3.63, 3.8) is 0 Å². The van der Waals surface area contributed by atoms with E-state index < -0.39 is 0 Å². The number of hydrogen-bond acceptors (Lipinski definition) is 4. The number of rotatable bonds is 5. The molecule has 4 nitrogen and oxygen atoms in total. The number of aromatic nitrogens is 4. The van der Waals surface area contributed by atoms with Crippen LogP contribution in [0.2, 0.25) is 0 Å². The van der Waals surface area contributed by atoms with E-state index in [0.717, 1.165) is 65.9 Å². The lowest BCUT2D eigenvalue weighted by molar-refractivity contribution is 1.08. The van der Waals surface area contributed by atoms with Crippen LogP contribution in [0.1, 0.15) is 0 Å². The first kappa shape index (κ1) is 29.8. The maximum absolute atomic E-state index is 5.28. The molecule has 0 spiro atoms. The molecule has 0 aliphatic carbocycles. The molecule has 0 atom stereocenters. The zero-order valence-corrected chi connectivity index (χ0v) is 28.1. The van der Waals surface area contributed by atoms with Crippen LogP contribution in [0.15, 0.2) is 182 Å². The maximum Gasteiger partial charge on any atom is 0.164 e. The van der Waals surface area contributed by atoms with Gasteiger partial charge in [0.05, 0.1) is 0 Å². The summed E-state index contributed by atoms with van der Waals surface area (Å²) in [5.74, 6) is 1.88. The largest absolute Gasteiger partial charge is 0.264 e. The lowest BCUT2D eigenvalue weighted by Gasteiger charge is -2.15. The third-order valence-corrected chi connectivity index (χ3v) is 9.99. The van der Waals surface area contributed by atoms with Crippen LogP contribution in [-0.2, 0) is 0 Å². The molecule has 0 bridgehead atoms. The normalized spacial score (nSPS) is 11.5. The molecular weight excluding hydrogens is 633 g/mol. The van der Waals surface area contributed by atoms with Crippen LogP contribution in [0, 0.1) is 0 Å². The highest BCUT2D eigenvalue weighted by Gasteiger charge is 2.18. The Bertz CT molecular complexity index is 2960. The molecule has 2 aromatic heterocycles. The van der Waals surface area contributed by atoms with Crippen molar-refractivity contribution in [1.29, 1.82) is 0 Å². The van der Waals surface area contributed by atoms with Gasteiger partial charge in [0.1, 0.15) is 0 Å². The molecule has 0 aliphatic rings. The molecule has 8 aromatic carbocycles. The Morgan fingerprint density at radius 1 is 0.288 bits per heavy atom. The lowest BCUT2D eigenvalue weighted by atomic mass is 9.91. The number of nitrogens with zero attached hydrogens (tertiary/aromatic N) is 4. The predicted octanol–water partition coefficient (Wildman–Crippen LogP) is 12.2. The highest BCUT2D eigenvalue weighted by atomic mass is 15.0. The third-order valence-electron chi connectivity index (χ3n) is 9.99. The van der Waals surface area contributed by atoms with Gasteiger partial charge in [-0.15, -0.1) is 0 Å². The van der Waals surface area contributed by atoms with Gasteiger partial charge in [-0.1, -0.05) is 146 Å². The van der Waals surface area contributed by atoms with Crippen molar-refractivity contribution in [2.75, 3.05) is 0 Å². The van der Waals surface area contributed by atoms with Crippen molar-refractivity contribution >= 4 is 43.1 Å². The molecule has 0 amide bonds. The fourth-order valence-electron chi connectivity index (χ4n) is 7.42. The van der Waals surface area contributed by atoms with Crippen molar-refractivity contribution in [1.82, 2.24) is 19.9 Å². The summed E-state index contributed by atoms with van der Waals surface area (Å²) in [6.07, 6.45) is 3.79. The summed E-state index contributed by atoms with van der Waals surface area (Å²) >= 11 is 0. The van der Waals surface area contributed by atoms with E-state index in [0.29, 0.717) is 17.5 Å². The Labute approximate surface area is 300 Å². The first-order valence-corrected chi connectivity index (χ1v) is 17.5. The molecule has 52 heavy (non-hydrogen) atoms. The minimum Gasteiger partial charge on any atom is -0.264 e. The molecule has 0 saturated heterocycles. The summed E-state index contributed by atoms with van der Waals surface area (Å²) in [7, 11) is 0. The molecular formula is C48H30N4. The Morgan fingerprint density at radius 3 is 1.75 bits per heavy atom. The van der Waals surface area contributed by atoms with E-state index in [1.807, 2.05) is 30.6 Å². The van der Waals surface area contributed by atoms with Crippen LogP contribution < -0.4 is 0 Å². The van der Waals surface area contributed by atoms with Gasteiger partial charge in [0.25, 0.3) is 0 Å². The standard InChI is InChI=1S/C48H30N4/c1-3-12-32(13-4-1)42-28-37(22-23-38(42)36-20-19-31-11-7-8-16-35(31)27-36)47-50-46(34-14-5-2-6-15-34)51-48(52-47)44-29-43-41(39-17-9-10-18-40(39)44)24-21-33-25-26-49-30-45(33)43/h1-30H. The summed E-state index contributed by atoms with van der Waals surface area (Å²) in [5.41, 5.74) is 7.37. The Hall–Kier alpha value is -7.04. The number of hydrogen-bond donors (Lipinski definition) is 0. The second-order valence-corrected chi connectivity index (χ2v) is 13.1. The highest BCUT2D eigenvalue weighted by Crippen LogP contribution is 2.39. The first-order valence-electron chi connectivity index (χ1n) is 17.5. The molecule has 0 unspecified atom stereocenters. The summed E-state index contributed by atoms with van der Waals surface area (Å²) in [5, 5.41) is 9.21. The van der Waals surface area contributed by atoms with Crippen LogP contribution in [0.5, 0.6) is 0 Å². The quantitative estimate of drug-likeness (QED) is 0.172. The number of benzene rings is 8. The zero-order chi connectivity index (χ0) is 34.4. The van der Waals surface area contributed by atoms with Gasteiger partial charge in [-0.3, -0.25) is 4.98 Å². The molecule has 10 aromatic rings. The van der Waals surface area contributed by atoms with Gasteiger partial charge in [-0.25, -0.2) is 15.0 Å². The van der Waals surface area contributed by atoms with Crippen LogP contribution in [-0.4, -0.2) is 19.9 Å². The predicted molar refractivity (Wildman–Crippen MR) is 215 cm³/mol. The topological polar surface area (TPSA) is 51.6 Å². The van der Waals surface area contributed by atoms with E-state index in [2.05, 4.69) is 157 Å². The SMILES string of the molecule is c1ccc(-c2nc(-c3ccc(-c4ccc5ccccc5c4)c(-c4ccccc4)c3)nc(-c3cc4c5cnccc5ccc4c4ccccc34)n2)cc1.